The van der Waals surface area contributed by atoms with Crippen molar-refractivity contribution in [1.29, 1.82) is 0 Å². The molecule has 0 heterocycles. The number of rotatable bonds is 6. The van der Waals surface area contributed by atoms with Crippen molar-refractivity contribution in [1.82, 2.24) is 5.32 Å². The van der Waals surface area contributed by atoms with Gasteiger partial charge in [-0.05, 0) is 41.8 Å². The number of phenols is 2. The highest BCUT2D eigenvalue weighted by atomic mass is 19.1. The summed E-state index contributed by atoms with van der Waals surface area (Å²) in [6.45, 7) is -0.270. The zero-order chi connectivity index (χ0) is 18.7. The quantitative estimate of drug-likeness (QED) is 0.595. The Morgan fingerprint density at radius 3 is 1.68 bits per heavy atom. The largest absolute Gasteiger partial charge is 0.503 e. The summed E-state index contributed by atoms with van der Waals surface area (Å²) < 4.78 is 53.1. The molecule has 5 nitrogen and oxygen atoms in total. The first kappa shape index (κ1) is 18.5. The molecule has 134 valence electrons. The first-order chi connectivity index (χ1) is 11.7. The van der Waals surface area contributed by atoms with E-state index in [1.54, 1.807) is 0 Å². The van der Waals surface area contributed by atoms with E-state index in [-0.39, 0.29) is 24.1 Å². The SMILES string of the molecule is O=C(O)[C@H](Cc1cc(F)c(O)c(F)c1)NCc1cc(F)c(O)c(F)c1. The van der Waals surface area contributed by atoms with Gasteiger partial charge in [0.25, 0.3) is 0 Å². The molecule has 0 saturated carbocycles. The van der Waals surface area contributed by atoms with Crippen LogP contribution in [0.15, 0.2) is 24.3 Å². The summed E-state index contributed by atoms with van der Waals surface area (Å²) in [5, 5.41) is 29.7. The lowest BCUT2D eigenvalue weighted by molar-refractivity contribution is -0.139. The molecule has 0 aliphatic carbocycles. The van der Waals surface area contributed by atoms with Crippen molar-refractivity contribution in [3.05, 3.63) is 58.7 Å². The number of nitrogens with one attached hydrogen (secondary N) is 1. The highest BCUT2D eigenvalue weighted by molar-refractivity contribution is 5.74. The van der Waals surface area contributed by atoms with Gasteiger partial charge in [-0.15, -0.1) is 0 Å². The van der Waals surface area contributed by atoms with E-state index < -0.39 is 46.8 Å². The molecule has 2 aromatic rings. The fraction of sp³-hybridized carbons (Fsp3) is 0.188. The Bertz CT molecular complexity index is 767. The molecule has 0 aliphatic rings. The highest BCUT2D eigenvalue weighted by Gasteiger charge is 2.20. The Morgan fingerprint density at radius 2 is 1.28 bits per heavy atom. The molecule has 9 heteroatoms. The molecule has 0 saturated heterocycles. The molecule has 0 aliphatic heterocycles. The normalized spacial score (nSPS) is 12.2. The van der Waals surface area contributed by atoms with Gasteiger partial charge in [0.15, 0.2) is 34.8 Å². The van der Waals surface area contributed by atoms with E-state index in [9.17, 15) is 27.5 Å². The van der Waals surface area contributed by atoms with Gasteiger partial charge in [0.2, 0.25) is 0 Å². The molecule has 0 spiro atoms. The van der Waals surface area contributed by atoms with Crippen molar-refractivity contribution in [2.24, 2.45) is 0 Å². The summed E-state index contributed by atoms with van der Waals surface area (Å²) in [5.74, 6) is -8.54. The van der Waals surface area contributed by atoms with Crippen LogP contribution in [0.25, 0.3) is 0 Å². The Hall–Kier alpha value is -2.81. The molecule has 0 bridgehead atoms. The number of carboxylic acids is 1. The summed E-state index contributed by atoms with van der Waals surface area (Å²) in [6, 6.07) is 1.91. The van der Waals surface area contributed by atoms with Gasteiger partial charge in [-0.1, -0.05) is 0 Å². The molecule has 2 rings (SSSR count). The number of carbonyl (C=O) groups is 1. The lowest BCUT2D eigenvalue weighted by Crippen LogP contribution is -2.38. The van der Waals surface area contributed by atoms with Crippen LogP contribution in [0.4, 0.5) is 17.6 Å². The Balaban J connectivity index is 2.13. The number of aliphatic carboxylic acids is 1. The van der Waals surface area contributed by atoms with Gasteiger partial charge in [0.1, 0.15) is 6.04 Å². The zero-order valence-corrected chi connectivity index (χ0v) is 12.6. The minimum Gasteiger partial charge on any atom is -0.503 e. The fourth-order valence-corrected chi connectivity index (χ4v) is 2.18. The fourth-order valence-electron chi connectivity index (χ4n) is 2.18. The summed E-state index contributed by atoms with van der Waals surface area (Å²) in [4.78, 5) is 11.3. The predicted octanol–water partition coefficient (Wildman–Crippen LogP) is 2.44. The van der Waals surface area contributed by atoms with Crippen LogP contribution in [0.2, 0.25) is 0 Å². The number of hydrogen-bond acceptors (Lipinski definition) is 4. The second-order valence-corrected chi connectivity index (χ2v) is 5.29. The standard InChI is InChI=1S/C16H13F4NO4/c17-9-1-7(2-10(18)14(9)22)5-13(16(24)25)21-6-8-3-11(19)15(23)12(20)4-8/h1-4,13,21-23H,5-6H2,(H,24,25)/t13-/m0/s1. The molecule has 0 radical (unpaired) electrons. The number of aromatic hydroxyl groups is 2. The van der Waals surface area contributed by atoms with Gasteiger partial charge in [-0.3, -0.25) is 4.79 Å². The maximum absolute atomic E-state index is 13.3. The summed E-state index contributed by atoms with van der Waals surface area (Å²) in [5.41, 5.74) is -0.00196. The van der Waals surface area contributed by atoms with Crippen LogP contribution < -0.4 is 5.32 Å². The third-order valence-electron chi connectivity index (χ3n) is 3.44. The van der Waals surface area contributed by atoms with E-state index in [1.165, 1.54) is 0 Å². The van der Waals surface area contributed by atoms with Crippen LogP contribution in [-0.4, -0.2) is 27.3 Å². The molecular weight excluding hydrogens is 346 g/mol. The first-order valence-electron chi connectivity index (χ1n) is 6.99. The molecular formula is C16H13F4NO4. The third kappa shape index (κ3) is 4.38. The molecule has 25 heavy (non-hydrogen) atoms. The summed E-state index contributed by atoms with van der Waals surface area (Å²) in [6.07, 6.45) is -0.341. The molecule has 2 aromatic carbocycles. The lowest BCUT2D eigenvalue weighted by Gasteiger charge is -2.15. The monoisotopic (exact) mass is 359 g/mol. The van der Waals surface area contributed by atoms with Crippen molar-refractivity contribution < 1.29 is 37.7 Å². The maximum Gasteiger partial charge on any atom is 0.321 e. The number of carboxylic acid groups (broad SMARTS) is 1. The van der Waals surface area contributed by atoms with Crippen LogP contribution >= 0.6 is 0 Å². The van der Waals surface area contributed by atoms with Crippen LogP contribution in [0.3, 0.4) is 0 Å². The van der Waals surface area contributed by atoms with Gasteiger partial charge in [-0.25, -0.2) is 17.6 Å². The molecule has 4 N–H and O–H groups in total. The predicted molar refractivity (Wildman–Crippen MR) is 78.0 cm³/mol. The van der Waals surface area contributed by atoms with Gasteiger partial charge < -0.3 is 20.6 Å². The van der Waals surface area contributed by atoms with Gasteiger partial charge >= 0.3 is 5.97 Å². The summed E-state index contributed by atoms with van der Waals surface area (Å²) >= 11 is 0. The molecule has 0 unspecified atom stereocenters. The highest BCUT2D eigenvalue weighted by Crippen LogP contribution is 2.23. The topological polar surface area (TPSA) is 89.8 Å². The molecule has 1 atom stereocenters. The second-order valence-electron chi connectivity index (χ2n) is 5.29. The van der Waals surface area contributed by atoms with Crippen LogP contribution in [0.5, 0.6) is 11.5 Å². The summed E-state index contributed by atoms with van der Waals surface area (Å²) in [7, 11) is 0. The van der Waals surface area contributed by atoms with Crippen LogP contribution in [0, 0.1) is 23.3 Å². The van der Waals surface area contributed by atoms with Gasteiger partial charge in [0.05, 0.1) is 0 Å². The Morgan fingerprint density at radius 1 is 0.880 bits per heavy atom. The number of halogens is 4. The number of phenolic OH excluding ortho intramolecular Hbond substituents is 2. The van der Waals surface area contributed by atoms with Gasteiger partial charge in [0, 0.05) is 6.54 Å². The maximum atomic E-state index is 13.3. The van der Waals surface area contributed by atoms with E-state index in [0.29, 0.717) is 0 Å². The average Bonchev–Trinajstić information content (AvgIpc) is 2.53. The van der Waals surface area contributed by atoms with Crippen molar-refractivity contribution >= 4 is 5.97 Å². The van der Waals surface area contributed by atoms with E-state index in [2.05, 4.69) is 5.32 Å². The lowest BCUT2D eigenvalue weighted by atomic mass is 10.0. The zero-order valence-electron chi connectivity index (χ0n) is 12.6. The van der Waals surface area contributed by atoms with Crippen LogP contribution in [0.1, 0.15) is 11.1 Å². The Kier molecular flexibility index (Phi) is 5.48. The van der Waals surface area contributed by atoms with E-state index in [0.717, 1.165) is 24.3 Å². The Labute approximate surface area is 139 Å². The minimum atomic E-state index is -1.35. The van der Waals surface area contributed by atoms with Crippen molar-refractivity contribution in [2.75, 3.05) is 0 Å². The van der Waals surface area contributed by atoms with Crippen LogP contribution in [-0.2, 0) is 17.8 Å². The number of hydrogen-bond donors (Lipinski definition) is 4. The third-order valence-corrected chi connectivity index (χ3v) is 3.44. The van der Waals surface area contributed by atoms with Crippen molar-refractivity contribution in [3.8, 4) is 11.5 Å². The number of benzene rings is 2. The van der Waals surface area contributed by atoms with Crippen molar-refractivity contribution in [2.45, 2.75) is 19.0 Å². The van der Waals surface area contributed by atoms with Gasteiger partial charge in [-0.2, -0.15) is 0 Å². The average molecular weight is 359 g/mol. The molecule has 0 aromatic heterocycles. The second kappa shape index (κ2) is 7.39. The molecule has 0 amide bonds. The van der Waals surface area contributed by atoms with E-state index in [1.807, 2.05) is 0 Å². The minimum absolute atomic E-state index is 0.0297. The molecule has 0 fully saturated rings. The van der Waals surface area contributed by atoms with E-state index in [4.69, 9.17) is 10.2 Å². The van der Waals surface area contributed by atoms with Crippen molar-refractivity contribution in [3.63, 3.8) is 0 Å². The first-order valence-corrected chi connectivity index (χ1v) is 6.99. The van der Waals surface area contributed by atoms with E-state index >= 15 is 0 Å². The smallest absolute Gasteiger partial charge is 0.321 e.